The summed E-state index contributed by atoms with van der Waals surface area (Å²) in [6, 6.07) is 13.8. The van der Waals surface area contributed by atoms with Gasteiger partial charge in [-0.15, -0.1) is 0 Å². The summed E-state index contributed by atoms with van der Waals surface area (Å²) in [4.78, 5) is 6.67. The molecule has 2 unspecified atom stereocenters. The van der Waals surface area contributed by atoms with Crippen LogP contribution in [0, 0.1) is 0 Å². The Balaban J connectivity index is 1.52. The van der Waals surface area contributed by atoms with Gasteiger partial charge in [-0.05, 0) is 55.5 Å². The first-order chi connectivity index (χ1) is 12.2. The van der Waals surface area contributed by atoms with Gasteiger partial charge in [0, 0.05) is 43.6 Å². The van der Waals surface area contributed by atoms with Crippen molar-refractivity contribution in [1.29, 1.82) is 0 Å². The van der Waals surface area contributed by atoms with Crippen LogP contribution in [0.1, 0.15) is 55.5 Å². The topological polar surface area (TPSA) is 48.4 Å². The third-order valence-electron chi connectivity index (χ3n) is 5.39. The van der Waals surface area contributed by atoms with Gasteiger partial charge in [0.25, 0.3) is 0 Å². The monoisotopic (exact) mass is 339 g/mol. The molecule has 2 heterocycles. The zero-order valence-corrected chi connectivity index (χ0v) is 15.2. The molecule has 0 spiro atoms. The third-order valence-corrected chi connectivity index (χ3v) is 5.39. The number of hydrogen-bond acceptors (Lipinski definition) is 4. The summed E-state index contributed by atoms with van der Waals surface area (Å²) in [6.45, 7) is 6.83. The minimum Gasteiger partial charge on any atom is -0.392 e. The maximum atomic E-state index is 9.31. The maximum Gasteiger partial charge on any atom is 0.0681 e. The Morgan fingerprint density at radius 2 is 1.84 bits per heavy atom. The number of aromatic nitrogens is 1. The molecule has 0 saturated carbocycles. The zero-order valence-electron chi connectivity index (χ0n) is 15.2. The Morgan fingerprint density at radius 1 is 1.12 bits per heavy atom. The van der Waals surface area contributed by atoms with Crippen molar-refractivity contribution in [2.75, 3.05) is 13.1 Å². The number of rotatable bonds is 6. The lowest BCUT2D eigenvalue weighted by Crippen LogP contribution is -2.44. The summed E-state index contributed by atoms with van der Waals surface area (Å²) >= 11 is 0. The van der Waals surface area contributed by atoms with Crippen molar-refractivity contribution in [2.45, 2.75) is 51.4 Å². The lowest BCUT2D eigenvalue weighted by molar-refractivity contribution is 0.149. The second-order valence-electron chi connectivity index (χ2n) is 7.06. The van der Waals surface area contributed by atoms with Gasteiger partial charge in [-0.1, -0.05) is 24.3 Å². The average Bonchev–Trinajstić information content (AvgIpc) is 2.68. The first-order valence-electron chi connectivity index (χ1n) is 9.27. The van der Waals surface area contributed by atoms with Crippen LogP contribution >= 0.6 is 0 Å². The van der Waals surface area contributed by atoms with Crippen LogP contribution in [0.3, 0.4) is 0 Å². The van der Waals surface area contributed by atoms with E-state index in [1.807, 2.05) is 24.5 Å². The van der Waals surface area contributed by atoms with Crippen molar-refractivity contribution in [1.82, 2.24) is 15.2 Å². The van der Waals surface area contributed by atoms with Crippen molar-refractivity contribution in [3.63, 3.8) is 0 Å². The molecule has 1 aromatic heterocycles. The minimum atomic E-state index is 0.103. The Labute approximate surface area is 150 Å². The minimum absolute atomic E-state index is 0.103. The molecule has 2 aromatic rings. The highest BCUT2D eigenvalue weighted by molar-refractivity contribution is 5.25. The number of piperidine rings is 1. The number of nitrogens with zero attached hydrogens (tertiary/aromatic N) is 2. The van der Waals surface area contributed by atoms with Crippen molar-refractivity contribution < 1.29 is 5.11 Å². The van der Waals surface area contributed by atoms with Crippen LogP contribution in [0.15, 0.2) is 48.8 Å². The van der Waals surface area contributed by atoms with E-state index in [0.29, 0.717) is 18.1 Å². The quantitative estimate of drug-likeness (QED) is 0.846. The highest BCUT2D eigenvalue weighted by atomic mass is 16.3. The van der Waals surface area contributed by atoms with E-state index in [9.17, 15) is 5.11 Å². The molecule has 4 nitrogen and oxygen atoms in total. The van der Waals surface area contributed by atoms with Gasteiger partial charge in [0.1, 0.15) is 0 Å². The largest absolute Gasteiger partial charge is 0.392 e. The van der Waals surface area contributed by atoms with Crippen LogP contribution in [0.4, 0.5) is 0 Å². The van der Waals surface area contributed by atoms with Crippen LogP contribution in [0.2, 0.25) is 0 Å². The molecule has 0 amide bonds. The fourth-order valence-electron chi connectivity index (χ4n) is 3.72. The van der Waals surface area contributed by atoms with Gasteiger partial charge >= 0.3 is 0 Å². The van der Waals surface area contributed by atoms with Gasteiger partial charge < -0.3 is 10.4 Å². The normalized spacial score (nSPS) is 18.8. The Morgan fingerprint density at radius 3 is 2.52 bits per heavy atom. The number of benzene rings is 1. The van der Waals surface area contributed by atoms with Gasteiger partial charge in [-0.2, -0.15) is 0 Å². The fourth-order valence-corrected chi connectivity index (χ4v) is 3.72. The summed E-state index contributed by atoms with van der Waals surface area (Å²) in [5.74, 6) is 0. The van der Waals surface area contributed by atoms with E-state index in [0.717, 1.165) is 18.7 Å². The summed E-state index contributed by atoms with van der Waals surface area (Å²) in [5, 5.41) is 13.1. The van der Waals surface area contributed by atoms with Crippen LogP contribution in [0.5, 0.6) is 0 Å². The van der Waals surface area contributed by atoms with Crippen LogP contribution in [-0.2, 0) is 6.61 Å². The molecule has 1 aromatic carbocycles. The van der Waals surface area contributed by atoms with Crippen molar-refractivity contribution in [3.05, 3.63) is 65.5 Å². The molecule has 1 aliphatic rings. The number of aliphatic hydroxyl groups excluding tert-OH is 1. The van der Waals surface area contributed by atoms with E-state index < -0.39 is 0 Å². The lowest BCUT2D eigenvalue weighted by atomic mass is 9.98. The number of aliphatic hydroxyl groups is 1. The van der Waals surface area contributed by atoms with Gasteiger partial charge in [0.05, 0.1) is 6.61 Å². The average molecular weight is 339 g/mol. The van der Waals surface area contributed by atoms with E-state index in [4.69, 9.17) is 0 Å². The Kier molecular flexibility index (Phi) is 6.19. The molecule has 1 aliphatic heterocycles. The molecule has 2 N–H and O–H groups in total. The standard InChI is InChI=1S/C21H29N3O/c1-16(20-5-3-4-18(14-20)15-25)23-21-8-12-24(13-9-21)17(2)19-6-10-22-11-7-19/h3-7,10-11,14,16-17,21,23,25H,8-9,12-13,15H2,1-2H3. The Bertz CT molecular complexity index is 653. The number of pyridine rings is 1. The molecular weight excluding hydrogens is 310 g/mol. The van der Waals surface area contributed by atoms with Crippen LogP contribution in [0.25, 0.3) is 0 Å². The maximum absolute atomic E-state index is 9.31. The highest BCUT2D eigenvalue weighted by Crippen LogP contribution is 2.25. The van der Waals surface area contributed by atoms with Gasteiger partial charge in [-0.3, -0.25) is 9.88 Å². The number of likely N-dealkylation sites (tertiary alicyclic amines) is 1. The van der Waals surface area contributed by atoms with Gasteiger partial charge in [0.2, 0.25) is 0 Å². The van der Waals surface area contributed by atoms with E-state index in [1.54, 1.807) is 0 Å². The predicted molar refractivity (Wildman–Crippen MR) is 101 cm³/mol. The SMILES string of the molecule is CC(NC1CCN(C(C)c2ccncc2)CC1)c1cccc(CO)c1. The summed E-state index contributed by atoms with van der Waals surface area (Å²) in [6.07, 6.45) is 6.09. The molecular formula is C21H29N3O. The molecule has 2 atom stereocenters. The molecule has 0 bridgehead atoms. The predicted octanol–water partition coefficient (Wildman–Crippen LogP) is 3.45. The molecule has 4 heteroatoms. The van der Waals surface area contributed by atoms with Gasteiger partial charge in [-0.25, -0.2) is 0 Å². The van der Waals surface area contributed by atoms with E-state index in [2.05, 4.69) is 53.3 Å². The molecule has 1 saturated heterocycles. The molecule has 134 valence electrons. The Hall–Kier alpha value is -1.75. The summed E-state index contributed by atoms with van der Waals surface area (Å²) in [5.41, 5.74) is 3.57. The fraction of sp³-hybridized carbons (Fsp3) is 0.476. The third kappa shape index (κ3) is 4.66. The summed E-state index contributed by atoms with van der Waals surface area (Å²) < 4.78 is 0. The highest BCUT2D eigenvalue weighted by Gasteiger charge is 2.24. The number of nitrogens with one attached hydrogen (secondary N) is 1. The molecule has 3 rings (SSSR count). The van der Waals surface area contributed by atoms with Crippen molar-refractivity contribution >= 4 is 0 Å². The molecule has 0 aliphatic carbocycles. The van der Waals surface area contributed by atoms with E-state index >= 15 is 0 Å². The van der Waals surface area contributed by atoms with Crippen LogP contribution < -0.4 is 5.32 Å². The van der Waals surface area contributed by atoms with Gasteiger partial charge in [0.15, 0.2) is 0 Å². The summed E-state index contributed by atoms with van der Waals surface area (Å²) in [7, 11) is 0. The molecule has 25 heavy (non-hydrogen) atoms. The smallest absolute Gasteiger partial charge is 0.0681 e. The second kappa shape index (κ2) is 8.56. The lowest BCUT2D eigenvalue weighted by Gasteiger charge is -2.37. The molecule has 1 fully saturated rings. The zero-order chi connectivity index (χ0) is 17.6. The van der Waals surface area contributed by atoms with Crippen LogP contribution in [-0.4, -0.2) is 34.1 Å². The van der Waals surface area contributed by atoms with E-state index in [-0.39, 0.29) is 6.61 Å². The first-order valence-corrected chi connectivity index (χ1v) is 9.27. The second-order valence-corrected chi connectivity index (χ2v) is 7.06. The van der Waals surface area contributed by atoms with E-state index in [1.165, 1.54) is 24.0 Å². The number of hydrogen-bond donors (Lipinski definition) is 2. The van der Waals surface area contributed by atoms with Crippen molar-refractivity contribution in [3.8, 4) is 0 Å². The molecule has 0 radical (unpaired) electrons. The first kappa shape index (κ1) is 18.1. The van der Waals surface area contributed by atoms with Crippen molar-refractivity contribution in [2.24, 2.45) is 0 Å².